The molecule has 3 heterocycles. The highest BCUT2D eigenvalue weighted by atomic mass is 32.1. The molecule has 0 radical (unpaired) electrons. The number of morpholine rings is 1. The summed E-state index contributed by atoms with van der Waals surface area (Å²) in [4.78, 5) is 19.8. The standard InChI is InChI=1S/C10H13N3O2S/c14-9-6-1-2-13-3-4-15-5-7(13)8(6)11-10(16)12-9/h7H,1-5H2,(H2,11,12,14,16). The van der Waals surface area contributed by atoms with E-state index < -0.39 is 0 Å². The van der Waals surface area contributed by atoms with Gasteiger partial charge in [-0.25, -0.2) is 0 Å². The molecule has 6 heteroatoms. The third-order valence-electron chi connectivity index (χ3n) is 3.30. The quantitative estimate of drug-likeness (QED) is 0.642. The number of H-pyrrole nitrogens is 2. The molecule has 0 aliphatic carbocycles. The van der Waals surface area contributed by atoms with Crippen LogP contribution in [-0.4, -0.2) is 41.2 Å². The van der Waals surface area contributed by atoms with Crippen molar-refractivity contribution in [2.24, 2.45) is 0 Å². The number of nitrogens with one attached hydrogen (secondary N) is 2. The van der Waals surface area contributed by atoms with Crippen LogP contribution in [0.1, 0.15) is 17.3 Å². The zero-order chi connectivity index (χ0) is 11.1. The van der Waals surface area contributed by atoms with E-state index >= 15 is 0 Å². The number of hydrogen-bond acceptors (Lipinski definition) is 4. The minimum absolute atomic E-state index is 0.0519. The molecule has 1 aromatic rings. The van der Waals surface area contributed by atoms with Gasteiger partial charge in [0.05, 0.1) is 19.3 Å². The minimum atomic E-state index is -0.0519. The maximum Gasteiger partial charge on any atom is 0.255 e. The Kier molecular flexibility index (Phi) is 2.42. The lowest BCUT2D eigenvalue weighted by molar-refractivity contribution is -0.0149. The van der Waals surface area contributed by atoms with Gasteiger partial charge in [-0.2, -0.15) is 0 Å². The average molecular weight is 239 g/mol. The summed E-state index contributed by atoms with van der Waals surface area (Å²) < 4.78 is 5.87. The molecule has 0 bridgehead atoms. The molecule has 5 nitrogen and oxygen atoms in total. The highest BCUT2D eigenvalue weighted by Crippen LogP contribution is 2.28. The van der Waals surface area contributed by atoms with Crippen molar-refractivity contribution in [2.75, 3.05) is 26.3 Å². The fraction of sp³-hybridized carbons (Fsp3) is 0.600. The predicted molar refractivity (Wildman–Crippen MR) is 61.1 cm³/mol. The number of ether oxygens (including phenoxy) is 1. The number of hydrogen-bond donors (Lipinski definition) is 2. The van der Waals surface area contributed by atoms with Crippen molar-refractivity contribution in [1.82, 2.24) is 14.9 Å². The molecule has 2 aliphatic heterocycles. The smallest absolute Gasteiger partial charge is 0.255 e. The van der Waals surface area contributed by atoms with Gasteiger partial charge >= 0.3 is 0 Å². The molecule has 1 fully saturated rings. The number of rotatable bonds is 0. The molecular weight excluding hydrogens is 226 g/mol. The Morgan fingerprint density at radius 2 is 2.25 bits per heavy atom. The van der Waals surface area contributed by atoms with E-state index in [9.17, 15) is 4.79 Å². The SMILES string of the molecule is O=c1[nH]c(=S)[nH]c2c1CCN1CCOCC21. The summed E-state index contributed by atoms with van der Waals surface area (Å²) >= 11 is 5.01. The molecule has 3 rings (SSSR count). The molecule has 2 N–H and O–H groups in total. The summed E-state index contributed by atoms with van der Waals surface area (Å²) in [5.41, 5.74) is 1.73. The lowest BCUT2D eigenvalue weighted by atomic mass is 9.98. The molecule has 1 aromatic heterocycles. The van der Waals surface area contributed by atoms with Gasteiger partial charge in [0.2, 0.25) is 0 Å². The van der Waals surface area contributed by atoms with Crippen LogP contribution in [-0.2, 0) is 11.2 Å². The maximum absolute atomic E-state index is 11.8. The van der Waals surface area contributed by atoms with Crippen molar-refractivity contribution in [3.8, 4) is 0 Å². The maximum atomic E-state index is 11.8. The summed E-state index contributed by atoms with van der Waals surface area (Å²) in [5.74, 6) is 0. The molecule has 16 heavy (non-hydrogen) atoms. The van der Waals surface area contributed by atoms with E-state index in [1.54, 1.807) is 0 Å². The summed E-state index contributed by atoms with van der Waals surface area (Å²) in [5, 5.41) is 0. The Balaban J connectivity index is 2.14. The summed E-state index contributed by atoms with van der Waals surface area (Å²) in [6.07, 6.45) is 0.785. The number of aromatic amines is 2. The topological polar surface area (TPSA) is 61.1 Å². The van der Waals surface area contributed by atoms with Gasteiger partial charge in [0.1, 0.15) is 0 Å². The van der Waals surface area contributed by atoms with E-state index in [1.807, 2.05) is 0 Å². The number of aromatic nitrogens is 2. The molecule has 0 aromatic carbocycles. The first-order valence-corrected chi connectivity index (χ1v) is 5.83. The highest BCUT2D eigenvalue weighted by Gasteiger charge is 2.31. The van der Waals surface area contributed by atoms with Crippen LogP contribution in [0.3, 0.4) is 0 Å². The first-order valence-electron chi connectivity index (χ1n) is 5.43. The minimum Gasteiger partial charge on any atom is -0.378 e. The third kappa shape index (κ3) is 1.53. The van der Waals surface area contributed by atoms with Crippen molar-refractivity contribution in [1.29, 1.82) is 0 Å². The van der Waals surface area contributed by atoms with E-state index in [0.717, 1.165) is 37.4 Å². The van der Waals surface area contributed by atoms with Gasteiger partial charge in [-0.15, -0.1) is 0 Å². The average Bonchev–Trinajstić information content (AvgIpc) is 2.28. The van der Waals surface area contributed by atoms with Crippen LogP contribution in [0.4, 0.5) is 0 Å². The first-order chi connectivity index (χ1) is 7.75. The fourth-order valence-corrected chi connectivity index (χ4v) is 2.69. The highest BCUT2D eigenvalue weighted by molar-refractivity contribution is 7.71. The molecule has 1 atom stereocenters. The van der Waals surface area contributed by atoms with E-state index in [-0.39, 0.29) is 11.6 Å². The third-order valence-corrected chi connectivity index (χ3v) is 3.50. The summed E-state index contributed by atoms with van der Waals surface area (Å²) in [6.45, 7) is 3.27. The normalized spacial score (nSPS) is 24.9. The van der Waals surface area contributed by atoms with E-state index in [1.165, 1.54) is 0 Å². The van der Waals surface area contributed by atoms with E-state index in [4.69, 9.17) is 17.0 Å². The summed E-state index contributed by atoms with van der Waals surface area (Å²) in [6, 6.07) is 0.168. The van der Waals surface area contributed by atoms with Crippen LogP contribution in [0.25, 0.3) is 0 Å². The van der Waals surface area contributed by atoms with Gasteiger partial charge in [-0.1, -0.05) is 0 Å². The second-order valence-corrected chi connectivity index (χ2v) is 4.59. The summed E-state index contributed by atoms with van der Waals surface area (Å²) in [7, 11) is 0. The zero-order valence-corrected chi connectivity index (χ0v) is 9.60. The monoisotopic (exact) mass is 239 g/mol. The van der Waals surface area contributed by atoms with Crippen molar-refractivity contribution >= 4 is 12.2 Å². The Hall–Kier alpha value is -0.980. The second kappa shape index (κ2) is 3.80. The van der Waals surface area contributed by atoms with Crippen LogP contribution in [0.15, 0.2) is 4.79 Å². The van der Waals surface area contributed by atoms with Gasteiger partial charge in [-0.3, -0.25) is 14.7 Å². The van der Waals surface area contributed by atoms with Gasteiger partial charge in [-0.05, 0) is 18.6 Å². The lowest BCUT2D eigenvalue weighted by Gasteiger charge is -2.39. The molecule has 0 saturated carbocycles. The van der Waals surface area contributed by atoms with Crippen LogP contribution >= 0.6 is 12.2 Å². The number of fused-ring (bicyclic) bond motifs is 3. The van der Waals surface area contributed by atoms with Crippen molar-refractivity contribution in [2.45, 2.75) is 12.5 Å². The van der Waals surface area contributed by atoms with Crippen LogP contribution in [0.2, 0.25) is 0 Å². The van der Waals surface area contributed by atoms with Gasteiger partial charge in [0, 0.05) is 24.3 Å². The van der Waals surface area contributed by atoms with E-state index in [2.05, 4.69) is 14.9 Å². The van der Waals surface area contributed by atoms with Crippen molar-refractivity contribution in [3.05, 3.63) is 26.4 Å². The Morgan fingerprint density at radius 3 is 3.12 bits per heavy atom. The van der Waals surface area contributed by atoms with Crippen LogP contribution < -0.4 is 5.56 Å². The Labute approximate surface area is 97.4 Å². The van der Waals surface area contributed by atoms with Crippen LogP contribution in [0.5, 0.6) is 0 Å². The first kappa shape index (κ1) is 10.2. The molecular formula is C10H13N3O2S. The Morgan fingerprint density at radius 1 is 1.38 bits per heavy atom. The van der Waals surface area contributed by atoms with E-state index in [0.29, 0.717) is 11.4 Å². The predicted octanol–water partition coefficient (Wildman–Crippen LogP) is 0.362. The molecule has 1 saturated heterocycles. The number of nitrogens with zero attached hydrogens (tertiary/aromatic N) is 1. The molecule has 1 unspecified atom stereocenters. The van der Waals surface area contributed by atoms with Crippen molar-refractivity contribution in [3.63, 3.8) is 0 Å². The Bertz CT molecular complexity index is 522. The zero-order valence-electron chi connectivity index (χ0n) is 8.78. The molecule has 2 aliphatic rings. The largest absolute Gasteiger partial charge is 0.378 e. The lowest BCUT2D eigenvalue weighted by Crippen LogP contribution is -2.45. The molecule has 0 amide bonds. The van der Waals surface area contributed by atoms with Gasteiger partial charge in [0.25, 0.3) is 5.56 Å². The van der Waals surface area contributed by atoms with Crippen LogP contribution in [0, 0.1) is 4.77 Å². The van der Waals surface area contributed by atoms with Crippen molar-refractivity contribution < 1.29 is 4.74 Å². The second-order valence-electron chi connectivity index (χ2n) is 4.18. The van der Waals surface area contributed by atoms with Gasteiger partial charge < -0.3 is 9.72 Å². The fourth-order valence-electron chi connectivity index (χ4n) is 2.49. The molecule has 0 spiro atoms. The molecule has 86 valence electrons. The van der Waals surface area contributed by atoms with Gasteiger partial charge in [0.15, 0.2) is 4.77 Å².